The van der Waals surface area contributed by atoms with Gasteiger partial charge in [0.25, 0.3) is 5.91 Å². The zero-order chi connectivity index (χ0) is 17.5. The maximum Gasteiger partial charge on any atom is 0.321 e. The quantitative estimate of drug-likeness (QED) is 0.666. The van der Waals surface area contributed by atoms with Crippen LogP contribution in [0.5, 0.6) is 0 Å². The lowest BCUT2D eigenvalue weighted by Crippen LogP contribution is -2.58. The minimum atomic E-state index is -0.748. The number of imide groups is 1. The molecule has 24 heavy (non-hydrogen) atoms. The van der Waals surface area contributed by atoms with E-state index in [0.717, 1.165) is 32.1 Å². The van der Waals surface area contributed by atoms with Crippen molar-refractivity contribution in [3.05, 3.63) is 0 Å². The minimum Gasteiger partial charge on any atom is -0.455 e. The minimum absolute atomic E-state index is 0.0897. The van der Waals surface area contributed by atoms with Crippen molar-refractivity contribution >= 4 is 17.9 Å². The van der Waals surface area contributed by atoms with E-state index in [2.05, 4.69) is 10.6 Å². The first-order valence-electron chi connectivity index (χ1n) is 8.70. The van der Waals surface area contributed by atoms with Gasteiger partial charge in [-0.15, -0.1) is 0 Å². The molecule has 0 aromatic rings. The van der Waals surface area contributed by atoms with Gasteiger partial charge in [-0.2, -0.15) is 0 Å². The Labute approximate surface area is 141 Å². The van der Waals surface area contributed by atoms with Crippen LogP contribution in [0.25, 0.3) is 0 Å². The van der Waals surface area contributed by atoms with Crippen LogP contribution in [0.4, 0.5) is 4.79 Å². The van der Waals surface area contributed by atoms with Gasteiger partial charge in [-0.3, -0.25) is 14.9 Å². The molecule has 0 aromatic heterocycles. The van der Waals surface area contributed by atoms with E-state index in [1.165, 1.54) is 0 Å². The van der Waals surface area contributed by atoms with Gasteiger partial charge < -0.3 is 15.2 Å². The first kappa shape index (κ1) is 17.2. The number of hydrogen-bond donors (Lipinski definition) is 3. The number of carbonyl (C=O) groups excluding carboxylic acids is 3. The highest BCUT2D eigenvalue weighted by molar-refractivity contribution is 5.95. The van der Waals surface area contributed by atoms with Crippen molar-refractivity contribution in [2.45, 2.75) is 64.0 Å². The van der Waals surface area contributed by atoms with Crippen LogP contribution >= 0.6 is 0 Å². The average molecular weight is 338 g/mol. The van der Waals surface area contributed by atoms with Crippen molar-refractivity contribution in [1.29, 1.82) is 0 Å². The summed E-state index contributed by atoms with van der Waals surface area (Å²) in [6, 6.07) is -0.691. The van der Waals surface area contributed by atoms with Gasteiger partial charge in [-0.1, -0.05) is 0 Å². The fraction of sp³-hybridized carbons (Fsp3) is 0.824. The van der Waals surface area contributed by atoms with E-state index in [0.29, 0.717) is 18.3 Å². The molecule has 4 saturated carbocycles. The van der Waals surface area contributed by atoms with Crippen molar-refractivity contribution in [2.24, 2.45) is 17.3 Å². The van der Waals surface area contributed by atoms with Crippen molar-refractivity contribution in [3.63, 3.8) is 0 Å². The molecule has 2 unspecified atom stereocenters. The molecule has 4 atom stereocenters. The summed E-state index contributed by atoms with van der Waals surface area (Å²) in [7, 11) is 0. The van der Waals surface area contributed by atoms with Crippen molar-refractivity contribution in [3.8, 4) is 0 Å². The van der Waals surface area contributed by atoms with E-state index in [-0.39, 0.29) is 6.04 Å². The normalized spacial score (nSPS) is 36.5. The van der Waals surface area contributed by atoms with Gasteiger partial charge in [-0.25, -0.2) is 4.79 Å². The molecule has 4 fully saturated rings. The van der Waals surface area contributed by atoms with Gasteiger partial charge in [0.1, 0.15) is 0 Å². The first-order valence-corrected chi connectivity index (χ1v) is 8.70. The molecule has 0 heterocycles. The Morgan fingerprint density at radius 3 is 2.33 bits per heavy atom. The highest BCUT2D eigenvalue weighted by atomic mass is 16.5. The molecule has 4 bridgehead atoms. The predicted molar refractivity (Wildman–Crippen MR) is 84.8 cm³/mol. The number of amides is 3. The van der Waals surface area contributed by atoms with Crippen LogP contribution in [0, 0.1) is 17.3 Å². The number of ether oxygens (including phenoxy) is 1. The van der Waals surface area contributed by atoms with Crippen LogP contribution in [-0.4, -0.2) is 41.3 Å². The van der Waals surface area contributed by atoms with Crippen molar-refractivity contribution in [1.82, 2.24) is 10.6 Å². The number of urea groups is 1. The van der Waals surface area contributed by atoms with E-state index in [1.54, 1.807) is 13.8 Å². The Hall–Kier alpha value is -1.63. The van der Waals surface area contributed by atoms with Crippen LogP contribution in [0.15, 0.2) is 0 Å². The molecule has 7 nitrogen and oxygen atoms in total. The van der Waals surface area contributed by atoms with Gasteiger partial charge in [0.05, 0.1) is 11.0 Å². The molecule has 4 rings (SSSR count). The van der Waals surface area contributed by atoms with E-state index >= 15 is 0 Å². The summed E-state index contributed by atoms with van der Waals surface area (Å²) in [6.07, 6.45) is 4.53. The molecule has 134 valence electrons. The number of aliphatic hydroxyl groups is 1. The second-order valence-electron chi connectivity index (χ2n) is 8.22. The predicted octanol–water partition coefficient (Wildman–Crippen LogP) is 1.10. The van der Waals surface area contributed by atoms with E-state index in [4.69, 9.17) is 4.74 Å². The number of rotatable bonds is 4. The summed E-state index contributed by atoms with van der Waals surface area (Å²) in [4.78, 5) is 35.8. The molecule has 4 aliphatic rings. The summed E-state index contributed by atoms with van der Waals surface area (Å²) in [5.74, 6) is -0.316. The highest BCUT2D eigenvalue weighted by Crippen LogP contribution is 2.61. The molecule has 3 amide bonds. The summed E-state index contributed by atoms with van der Waals surface area (Å²) >= 11 is 0. The zero-order valence-corrected chi connectivity index (χ0v) is 14.3. The lowest BCUT2D eigenvalue weighted by atomic mass is 9.48. The van der Waals surface area contributed by atoms with Crippen molar-refractivity contribution < 1.29 is 24.2 Å². The Balaban J connectivity index is 1.54. The Bertz CT molecular complexity index is 545. The largest absolute Gasteiger partial charge is 0.455 e. The first-order chi connectivity index (χ1) is 11.2. The maximum atomic E-state index is 12.6. The Morgan fingerprint density at radius 2 is 1.79 bits per heavy atom. The average Bonchev–Trinajstić information content (AvgIpc) is 2.40. The molecule has 0 spiro atoms. The van der Waals surface area contributed by atoms with Crippen LogP contribution in [-0.2, 0) is 14.3 Å². The molecule has 0 saturated heterocycles. The lowest BCUT2D eigenvalue weighted by Gasteiger charge is -2.58. The number of carbonyl (C=O) groups is 3. The second kappa shape index (κ2) is 6.02. The standard InChI is InChI=1S/C17H26N2O5/c1-10(2)18-15(22)19-13(20)8-24-14(21)16-4-11-3-12(5-16)7-17(23,6-11)9-16/h10-12,23H,3-9H2,1-2H3,(H2,18,19,20,22)/t11-,12+,16?,17?. The molecule has 7 heteroatoms. The topological polar surface area (TPSA) is 105 Å². The van der Waals surface area contributed by atoms with Crippen molar-refractivity contribution in [2.75, 3.05) is 6.61 Å². The van der Waals surface area contributed by atoms with Crippen LogP contribution in [0.1, 0.15) is 52.4 Å². The Morgan fingerprint density at radius 1 is 1.17 bits per heavy atom. The van der Waals surface area contributed by atoms with Gasteiger partial charge in [0, 0.05) is 6.04 Å². The second-order valence-corrected chi connectivity index (χ2v) is 8.22. The summed E-state index contributed by atoms with van der Waals surface area (Å²) in [5, 5.41) is 15.3. The Kier molecular flexibility index (Phi) is 4.32. The number of nitrogens with one attached hydrogen (secondary N) is 2. The van der Waals surface area contributed by atoms with Gasteiger partial charge >= 0.3 is 12.0 Å². The third-order valence-electron chi connectivity index (χ3n) is 5.47. The summed E-state index contributed by atoms with van der Waals surface area (Å²) in [5.41, 5.74) is -1.40. The highest BCUT2D eigenvalue weighted by Gasteiger charge is 2.60. The fourth-order valence-corrected chi connectivity index (χ4v) is 5.20. The molecular weight excluding hydrogens is 312 g/mol. The van der Waals surface area contributed by atoms with Gasteiger partial charge in [-0.05, 0) is 64.2 Å². The fourth-order valence-electron chi connectivity index (χ4n) is 5.20. The monoisotopic (exact) mass is 338 g/mol. The van der Waals surface area contributed by atoms with Crippen LogP contribution < -0.4 is 10.6 Å². The third kappa shape index (κ3) is 3.41. The zero-order valence-electron chi connectivity index (χ0n) is 14.3. The smallest absolute Gasteiger partial charge is 0.321 e. The lowest BCUT2D eigenvalue weighted by molar-refractivity contribution is -0.196. The van der Waals surface area contributed by atoms with E-state index in [1.807, 2.05) is 0 Å². The number of hydrogen-bond acceptors (Lipinski definition) is 5. The number of esters is 1. The third-order valence-corrected chi connectivity index (χ3v) is 5.47. The molecule has 0 aromatic carbocycles. The SMILES string of the molecule is CC(C)NC(=O)NC(=O)COC(=O)C12C[C@@H]3C[C@@H](CC(O)(C3)C1)C2. The van der Waals surface area contributed by atoms with Gasteiger partial charge in [0.2, 0.25) is 0 Å². The molecule has 4 aliphatic carbocycles. The summed E-state index contributed by atoms with van der Waals surface area (Å²) < 4.78 is 5.20. The maximum absolute atomic E-state index is 12.6. The van der Waals surface area contributed by atoms with Crippen LogP contribution in [0.3, 0.4) is 0 Å². The van der Waals surface area contributed by atoms with E-state index < -0.39 is 35.5 Å². The molecular formula is C17H26N2O5. The molecule has 3 N–H and O–H groups in total. The molecule has 0 aliphatic heterocycles. The van der Waals surface area contributed by atoms with Gasteiger partial charge in [0.15, 0.2) is 6.61 Å². The molecule has 0 radical (unpaired) electrons. The van der Waals surface area contributed by atoms with E-state index in [9.17, 15) is 19.5 Å². The van der Waals surface area contributed by atoms with Crippen LogP contribution in [0.2, 0.25) is 0 Å². The summed E-state index contributed by atoms with van der Waals surface area (Å²) in [6.45, 7) is 3.09.